The number of nitrogens with one attached hydrogen (secondary N) is 1. The summed E-state index contributed by atoms with van der Waals surface area (Å²) in [5.74, 6) is -0.0692. The molecule has 0 spiro atoms. The third kappa shape index (κ3) is 2.81. The molecule has 0 aliphatic heterocycles. The highest BCUT2D eigenvalue weighted by molar-refractivity contribution is 5.81. The van der Waals surface area contributed by atoms with Crippen LogP contribution in [0.15, 0.2) is 53.7 Å². The third-order valence-electron chi connectivity index (χ3n) is 4.87. The van der Waals surface area contributed by atoms with E-state index in [2.05, 4.69) is 25.3 Å². The fraction of sp³-hybridized carbons (Fsp3) is 0.150. The monoisotopic (exact) mass is 404 g/mol. The van der Waals surface area contributed by atoms with Gasteiger partial charge >= 0.3 is 0 Å². The standard InChI is InChI=1S/C20H17FN8O/c1-3-28-19(30)13-10-22-20(24-12-7-8-15-14(9-12)23-11-27(15)2)26-18(13)29(28)17-6-4-5-16(21)25-17/h4-11H,3H2,1-2H3,(H,22,24,26). The Labute approximate surface area is 169 Å². The minimum absolute atomic E-state index is 0.264. The molecule has 0 fully saturated rings. The van der Waals surface area contributed by atoms with E-state index in [1.807, 2.05) is 36.7 Å². The summed E-state index contributed by atoms with van der Waals surface area (Å²) in [6.45, 7) is 2.19. The summed E-state index contributed by atoms with van der Waals surface area (Å²) < 4.78 is 18.6. The van der Waals surface area contributed by atoms with Gasteiger partial charge in [0.05, 0.1) is 17.4 Å². The number of rotatable bonds is 4. The highest BCUT2D eigenvalue weighted by Gasteiger charge is 2.17. The van der Waals surface area contributed by atoms with Gasteiger partial charge in [-0.05, 0) is 37.3 Å². The molecular formula is C20H17FN8O. The number of aromatic nitrogens is 7. The van der Waals surface area contributed by atoms with E-state index in [1.165, 1.54) is 27.7 Å². The highest BCUT2D eigenvalue weighted by atomic mass is 19.1. The number of hydrogen-bond acceptors (Lipinski definition) is 6. The Kier molecular flexibility index (Phi) is 4.05. The Hall–Kier alpha value is -4.08. The number of hydrogen-bond donors (Lipinski definition) is 1. The van der Waals surface area contributed by atoms with Gasteiger partial charge in [0.2, 0.25) is 11.9 Å². The minimum atomic E-state index is -0.638. The number of fused-ring (bicyclic) bond motifs is 2. The summed E-state index contributed by atoms with van der Waals surface area (Å²) in [6, 6.07) is 10.1. The van der Waals surface area contributed by atoms with Crippen LogP contribution in [0, 0.1) is 5.95 Å². The van der Waals surface area contributed by atoms with Gasteiger partial charge in [-0.15, -0.1) is 0 Å². The summed E-state index contributed by atoms with van der Waals surface area (Å²) in [5, 5.41) is 3.47. The smallest absolute Gasteiger partial charge is 0.278 e. The van der Waals surface area contributed by atoms with E-state index < -0.39 is 5.95 Å². The van der Waals surface area contributed by atoms with Crippen LogP contribution in [0.1, 0.15) is 6.92 Å². The first-order chi connectivity index (χ1) is 14.5. The molecule has 10 heteroatoms. The van der Waals surface area contributed by atoms with Gasteiger partial charge in [-0.25, -0.2) is 24.3 Å². The summed E-state index contributed by atoms with van der Waals surface area (Å²) in [4.78, 5) is 29.8. The Balaban J connectivity index is 1.63. The van der Waals surface area contributed by atoms with E-state index in [9.17, 15) is 9.18 Å². The molecule has 0 amide bonds. The summed E-state index contributed by atoms with van der Waals surface area (Å²) in [7, 11) is 1.93. The Morgan fingerprint density at radius 2 is 2.00 bits per heavy atom. The van der Waals surface area contributed by atoms with Gasteiger partial charge in [-0.2, -0.15) is 9.37 Å². The zero-order chi connectivity index (χ0) is 20.8. The second kappa shape index (κ2) is 6.76. The topological polar surface area (TPSA) is 95.5 Å². The number of halogens is 1. The van der Waals surface area contributed by atoms with E-state index >= 15 is 0 Å². The molecule has 0 unspecified atom stereocenters. The van der Waals surface area contributed by atoms with Crippen molar-refractivity contribution in [1.82, 2.24) is 33.9 Å². The maximum atomic E-state index is 13.7. The van der Waals surface area contributed by atoms with Crippen LogP contribution >= 0.6 is 0 Å². The molecule has 5 aromatic rings. The van der Waals surface area contributed by atoms with Crippen LogP contribution in [0.3, 0.4) is 0 Å². The van der Waals surface area contributed by atoms with E-state index in [0.29, 0.717) is 23.5 Å². The van der Waals surface area contributed by atoms with Crippen molar-refractivity contribution >= 4 is 33.7 Å². The molecular weight excluding hydrogens is 387 g/mol. The van der Waals surface area contributed by atoms with Crippen molar-refractivity contribution in [3.63, 3.8) is 0 Å². The average Bonchev–Trinajstić information content (AvgIpc) is 3.24. The second-order valence-electron chi connectivity index (χ2n) is 6.77. The lowest BCUT2D eigenvalue weighted by molar-refractivity contribution is 0.543. The van der Waals surface area contributed by atoms with Crippen LogP contribution < -0.4 is 10.9 Å². The Morgan fingerprint density at radius 3 is 2.80 bits per heavy atom. The molecule has 4 heterocycles. The summed E-state index contributed by atoms with van der Waals surface area (Å²) in [6.07, 6.45) is 3.21. The van der Waals surface area contributed by atoms with Gasteiger partial charge < -0.3 is 9.88 Å². The van der Waals surface area contributed by atoms with Crippen molar-refractivity contribution in [2.45, 2.75) is 13.5 Å². The van der Waals surface area contributed by atoms with Gasteiger partial charge in [0.25, 0.3) is 5.56 Å². The lowest BCUT2D eigenvalue weighted by Gasteiger charge is -2.10. The molecule has 4 aromatic heterocycles. The van der Waals surface area contributed by atoms with Crippen molar-refractivity contribution in [1.29, 1.82) is 0 Å². The highest BCUT2D eigenvalue weighted by Crippen LogP contribution is 2.21. The fourth-order valence-electron chi connectivity index (χ4n) is 3.47. The van der Waals surface area contributed by atoms with E-state index in [1.54, 1.807) is 12.4 Å². The molecule has 1 aromatic carbocycles. The summed E-state index contributed by atoms with van der Waals surface area (Å²) in [5.41, 5.74) is 2.68. The minimum Gasteiger partial charge on any atom is -0.334 e. The van der Waals surface area contributed by atoms with Gasteiger partial charge in [0, 0.05) is 25.5 Å². The molecule has 0 aliphatic carbocycles. The van der Waals surface area contributed by atoms with Crippen LogP contribution in [0.25, 0.3) is 27.9 Å². The zero-order valence-corrected chi connectivity index (χ0v) is 16.2. The third-order valence-corrected chi connectivity index (χ3v) is 4.87. The molecule has 5 rings (SSSR count). The molecule has 150 valence electrons. The second-order valence-corrected chi connectivity index (χ2v) is 6.77. The molecule has 0 bridgehead atoms. The normalized spacial score (nSPS) is 11.4. The fourth-order valence-corrected chi connectivity index (χ4v) is 3.47. The first-order valence-electron chi connectivity index (χ1n) is 9.35. The Morgan fingerprint density at radius 1 is 1.13 bits per heavy atom. The molecule has 0 aliphatic rings. The predicted octanol–water partition coefficient (Wildman–Crippen LogP) is 2.77. The van der Waals surface area contributed by atoms with Crippen molar-refractivity contribution in [2.24, 2.45) is 7.05 Å². The van der Waals surface area contributed by atoms with Crippen molar-refractivity contribution < 1.29 is 4.39 Å². The van der Waals surface area contributed by atoms with Crippen LogP contribution in [0.5, 0.6) is 0 Å². The van der Waals surface area contributed by atoms with Crippen molar-refractivity contribution in [3.05, 3.63) is 65.2 Å². The maximum absolute atomic E-state index is 13.7. The maximum Gasteiger partial charge on any atom is 0.278 e. The van der Waals surface area contributed by atoms with Crippen LogP contribution in [0.4, 0.5) is 16.0 Å². The van der Waals surface area contributed by atoms with Crippen molar-refractivity contribution in [3.8, 4) is 5.82 Å². The number of aryl methyl sites for hydroxylation is 1. The largest absolute Gasteiger partial charge is 0.334 e. The van der Waals surface area contributed by atoms with E-state index in [4.69, 9.17) is 0 Å². The average molecular weight is 404 g/mol. The van der Waals surface area contributed by atoms with Crippen LogP contribution in [0.2, 0.25) is 0 Å². The van der Waals surface area contributed by atoms with Crippen LogP contribution in [-0.2, 0) is 13.6 Å². The molecule has 9 nitrogen and oxygen atoms in total. The number of imidazole rings is 1. The number of anilines is 2. The molecule has 1 N–H and O–H groups in total. The number of nitrogens with zero attached hydrogens (tertiary/aromatic N) is 7. The Bertz CT molecular complexity index is 1470. The SMILES string of the molecule is CCn1c(=O)c2cnc(Nc3ccc4c(c3)ncn4C)nc2n1-c1cccc(F)n1. The first-order valence-corrected chi connectivity index (χ1v) is 9.35. The lowest BCUT2D eigenvalue weighted by Crippen LogP contribution is -2.21. The quantitative estimate of drug-likeness (QED) is 0.463. The molecule has 0 saturated heterocycles. The van der Waals surface area contributed by atoms with E-state index in [-0.39, 0.29) is 11.4 Å². The summed E-state index contributed by atoms with van der Waals surface area (Å²) >= 11 is 0. The zero-order valence-electron chi connectivity index (χ0n) is 16.2. The van der Waals surface area contributed by atoms with Gasteiger partial charge in [0.1, 0.15) is 5.39 Å². The molecule has 0 saturated carbocycles. The van der Waals surface area contributed by atoms with Crippen LogP contribution in [-0.4, -0.2) is 33.9 Å². The predicted molar refractivity (Wildman–Crippen MR) is 111 cm³/mol. The van der Waals surface area contributed by atoms with E-state index in [0.717, 1.165) is 16.7 Å². The first kappa shape index (κ1) is 18.0. The van der Waals surface area contributed by atoms with Gasteiger partial charge in [-0.3, -0.25) is 4.79 Å². The van der Waals surface area contributed by atoms with Gasteiger partial charge in [0.15, 0.2) is 11.5 Å². The number of benzene rings is 1. The van der Waals surface area contributed by atoms with Gasteiger partial charge in [-0.1, -0.05) is 6.07 Å². The van der Waals surface area contributed by atoms with Crippen molar-refractivity contribution in [2.75, 3.05) is 5.32 Å². The lowest BCUT2D eigenvalue weighted by atomic mass is 10.3. The molecule has 30 heavy (non-hydrogen) atoms. The molecule has 0 atom stereocenters. The molecule has 0 radical (unpaired) electrons. The number of pyridine rings is 1.